The molecule has 0 saturated heterocycles. The Bertz CT molecular complexity index is 378. The van der Waals surface area contributed by atoms with Crippen LogP contribution in [0, 0.1) is 23.7 Å². The first-order valence-corrected chi connectivity index (χ1v) is 14.3. The van der Waals surface area contributed by atoms with Crippen LogP contribution in [0.4, 0.5) is 0 Å². The molecular weight excluding hydrogens is 364 g/mol. The number of Topliss-reactive ketones (excluding diaryl/α,β-unsaturated/α-hetero) is 1. The highest BCUT2D eigenvalue weighted by Crippen LogP contribution is 2.41. The summed E-state index contributed by atoms with van der Waals surface area (Å²) in [6.45, 7) is 4.59. The first kappa shape index (κ1) is 25.9. The second-order valence-corrected chi connectivity index (χ2v) is 10.8. The van der Waals surface area contributed by atoms with E-state index in [9.17, 15) is 4.79 Å². The van der Waals surface area contributed by atoms with Crippen LogP contribution in [0.5, 0.6) is 0 Å². The fourth-order valence-electron chi connectivity index (χ4n) is 6.50. The molecule has 2 aliphatic carbocycles. The summed E-state index contributed by atoms with van der Waals surface area (Å²) in [5, 5.41) is 0. The van der Waals surface area contributed by atoms with E-state index < -0.39 is 0 Å². The highest BCUT2D eigenvalue weighted by molar-refractivity contribution is 5.84. The molecule has 2 fully saturated rings. The first-order valence-electron chi connectivity index (χ1n) is 14.3. The standard InChI is InChI=1S/C29H54O/c1-3-5-7-9-11-13-23-27(25-19-15-16-20-25)29(30)28(26-21-17-18-22-26)24-14-12-10-8-6-4-2/h25-28H,3-24H2,1-2H3. The maximum atomic E-state index is 13.9. The summed E-state index contributed by atoms with van der Waals surface area (Å²) >= 11 is 0. The third-order valence-electron chi connectivity index (χ3n) is 8.41. The van der Waals surface area contributed by atoms with Gasteiger partial charge in [0.05, 0.1) is 0 Å². The van der Waals surface area contributed by atoms with E-state index in [1.54, 1.807) is 0 Å². The van der Waals surface area contributed by atoms with Crippen LogP contribution < -0.4 is 0 Å². The molecule has 0 heterocycles. The fourth-order valence-corrected chi connectivity index (χ4v) is 6.50. The minimum Gasteiger partial charge on any atom is -0.299 e. The molecule has 0 N–H and O–H groups in total. The van der Waals surface area contributed by atoms with Crippen molar-refractivity contribution in [3.8, 4) is 0 Å². The number of carbonyl (C=O) groups excluding carboxylic acids is 1. The Balaban J connectivity index is 1.89. The number of rotatable bonds is 18. The van der Waals surface area contributed by atoms with Gasteiger partial charge >= 0.3 is 0 Å². The van der Waals surface area contributed by atoms with Gasteiger partial charge in [-0.25, -0.2) is 0 Å². The third-order valence-corrected chi connectivity index (χ3v) is 8.41. The van der Waals surface area contributed by atoms with Gasteiger partial charge in [0, 0.05) is 11.8 Å². The number of hydrogen-bond donors (Lipinski definition) is 0. The normalized spacial score (nSPS) is 20.1. The van der Waals surface area contributed by atoms with E-state index in [2.05, 4.69) is 13.8 Å². The molecule has 0 radical (unpaired) electrons. The number of carbonyl (C=O) groups is 1. The van der Waals surface area contributed by atoms with Gasteiger partial charge < -0.3 is 0 Å². The number of unbranched alkanes of at least 4 members (excludes halogenated alkanes) is 10. The lowest BCUT2D eigenvalue weighted by Crippen LogP contribution is -2.32. The molecule has 0 spiro atoms. The summed E-state index contributed by atoms with van der Waals surface area (Å²) < 4.78 is 0. The van der Waals surface area contributed by atoms with E-state index in [0.717, 1.165) is 17.6 Å². The van der Waals surface area contributed by atoms with Gasteiger partial charge in [0.1, 0.15) is 5.78 Å². The van der Waals surface area contributed by atoms with Crippen molar-refractivity contribution in [3.05, 3.63) is 0 Å². The van der Waals surface area contributed by atoms with Gasteiger partial charge in [-0.3, -0.25) is 4.79 Å². The van der Waals surface area contributed by atoms with E-state index in [1.165, 1.54) is 141 Å². The summed E-state index contributed by atoms with van der Waals surface area (Å²) in [5.41, 5.74) is 0. The maximum absolute atomic E-state index is 13.9. The predicted molar refractivity (Wildman–Crippen MR) is 132 cm³/mol. The maximum Gasteiger partial charge on any atom is 0.139 e. The van der Waals surface area contributed by atoms with Crippen molar-refractivity contribution in [1.29, 1.82) is 0 Å². The molecule has 2 rings (SSSR count). The van der Waals surface area contributed by atoms with Crippen molar-refractivity contribution in [2.45, 2.75) is 155 Å². The van der Waals surface area contributed by atoms with Crippen molar-refractivity contribution < 1.29 is 4.79 Å². The molecule has 0 aromatic heterocycles. The lowest BCUT2D eigenvalue weighted by atomic mass is 9.73. The Kier molecular flexibility index (Phi) is 14.1. The zero-order chi connectivity index (χ0) is 21.4. The van der Waals surface area contributed by atoms with Gasteiger partial charge in [-0.2, -0.15) is 0 Å². The highest BCUT2D eigenvalue weighted by atomic mass is 16.1. The van der Waals surface area contributed by atoms with Crippen LogP contribution in [0.2, 0.25) is 0 Å². The SMILES string of the molecule is CCCCCCCCC(C(=O)C(CCCCCCCC)C1CCCC1)C1CCCC1. The summed E-state index contributed by atoms with van der Waals surface area (Å²) in [5.74, 6) is 2.99. The van der Waals surface area contributed by atoms with Gasteiger partial charge in [-0.1, -0.05) is 117 Å². The van der Waals surface area contributed by atoms with Gasteiger partial charge in [0.2, 0.25) is 0 Å². The topological polar surface area (TPSA) is 17.1 Å². The summed E-state index contributed by atoms with van der Waals surface area (Å²) in [6, 6.07) is 0. The molecule has 2 saturated carbocycles. The van der Waals surface area contributed by atoms with E-state index >= 15 is 0 Å². The van der Waals surface area contributed by atoms with Crippen LogP contribution >= 0.6 is 0 Å². The first-order chi connectivity index (χ1) is 14.8. The van der Waals surface area contributed by atoms with E-state index in [1.807, 2.05) is 0 Å². The molecule has 0 bridgehead atoms. The lowest BCUT2D eigenvalue weighted by molar-refractivity contribution is -0.131. The average molecular weight is 419 g/mol. The molecule has 1 nitrogen and oxygen atoms in total. The Morgan fingerprint density at radius 2 is 0.900 bits per heavy atom. The van der Waals surface area contributed by atoms with Crippen LogP contribution in [-0.2, 0) is 4.79 Å². The zero-order valence-corrected chi connectivity index (χ0v) is 20.8. The van der Waals surface area contributed by atoms with Gasteiger partial charge in [0.15, 0.2) is 0 Å². The number of hydrogen-bond acceptors (Lipinski definition) is 1. The van der Waals surface area contributed by atoms with Crippen molar-refractivity contribution in [2.75, 3.05) is 0 Å². The van der Waals surface area contributed by atoms with Crippen LogP contribution in [0.1, 0.15) is 155 Å². The van der Waals surface area contributed by atoms with Gasteiger partial charge in [-0.15, -0.1) is 0 Å². The molecule has 176 valence electrons. The van der Waals surface area contributed by atoms with Crippen LogP contribution in [0.25, 0.3) is 0 Å². The van der Waals surface area contributed by atoms with Crippen molar-refractivity contribution >= 4 is 5.78 Å². The zero-order valence-electron chi connectivity index (χ0n) is 20.8. The second-order valence-electron chi connectivity index (χ2n) is 10.8. The van der Waals surface area contributed by atoms with Crippen molar-refractivity contribution in [3.63, 3.8) is 0 Å². The quantitative estimate of drug-likeness (QED) is 0.202. The molecule has 30 heavy (non-hydrogen) atoms. The van der Waals surface area contributed by atoms with E-state index in [-0.39, 0.29) is 0 Å². The largest absolute Gasteiger partial charge is 0.299 e. The lowest BCUT2D eigenvalue weighted by Gasteiger charge is -2.30. The number of ketones is 1. The summed E-state index contributed by atoms with van der Waals surface area (Å²) in [7, 11) is 0. The van der Waals surface area contributed by atoms with E-state index in [0.29, 0.717) is 11.8 Å². The van der Waals surface area contributed by atoms with Gasteiger partial charge in [0.25, 0.3) is 0 Å². The summed E-state index contributed by atoms with van der Waals surface area (Å²) in [4.78, 5) is 13.9. The molecular formula is C29H54O. The highest BCUT2D eigenvalue weighted by Gasteiger charge is 2.37. The molecule has 0 aliphatic heterocycles. The minimum atomic E-state index is 0.407. The van der Waals surface area contributed by atoms with Gasteiger partial charge in [-0.05, 0) is 50.4 Å². The predicted octanol–water partition coefficient (Wildman–Crippen LogP) is 9.67. The monoisotopic (exact) mass is 418 g/mol. The van der Waals surface area contributed by atoms with Crippen LogP contribution in [0.15, 0.2) is 0 Å². The fraction of sp³-hybridized carbons (Fsp3) is 0.966. The second kappa shape index (κ2) is 16.3. The molecule has 2 atom stereocenters. The molecule has 2 aliphatic rings. The smallest absolute Gasteiger partial charge is 0.139 e. The Hall–Kier alpha value is -0.330. The third kappa shape index (κ3) is 9.44. The molecule has 1 heteroatoms. The average Bonchev–Trinajstić information content (AvgIpc) is 3.47. The van der Waals surface area contributed by atoms with Crippen molar-refractivity contribution in [2.24, 2.45) is 23.7 Å². The van der Waals surface area contributed by atoms with E-state index in [4.69, 9.17) is 0 Å². The molecule has 2 unspecified atom stereocenters. The Morgan fingerprint density at radius 3 is 1.27 bits per heavy atom. The summed E-state index contributed by atoms with van der Waals surface area (Å²) in [6.07, 6.45) is 29.5. The molecule has 0 aromatic rings. The minimum absolute atomic E-state index is 0.407. The Morgan fingerprint density at radius 1 is 0.567 bits per heavy atom. The molecule has 0 aromatic carbocycles. The van der Waals surface area contributed by atoms with Crippen molar-refractivity contribution in [1.82, 2.24) is 0 Å². The van der Waals surface area contributed by atoms with Crippen LogP contribution in [-0.4, -0.2) is 5.78 Å². The Labute approximate surface area is 189 Å². The molecule has 0 amide bonds. The van der Waals surface area contributed by atoms with Crippen LogP contribution in [0.3, 0.4) is 0 Å².